The van der Waals surface area contributed by atoms with Gasteiger partial charge < -0.3 is 19.6 Å². The number of hydrogen-bond acceptors (Lipinski definition) is 6. The summed E-state index contributed by atoms with van der Waals surface area (Å²) in [6, 6.07) is 6.89. The summed E-state index contributed by atoms with van der Waals surface area (Å²) in [5.41, 5.74) is 0.100. The van der Waals surface area contributed by atoms with Crippen molar-refractivity contribution in [2.75, 3.05) is 34.3 Å². The summed E-state index contributed by atoms with van der Waals surface area (Å²) in [5, 5.41) is 12.7. The number of likely N-dealkylation sites (tertiary alicyclic amines) is 1. The molecule has 0 bridgehead atoms. The van der Waals surface area contributed by atoms with Gasteiger partial charge in [0.25, 0.3) is 11.7 Å². The van der Waals surface area contributed by atoms with Crippen molar-refractivity contribution in [2.45, 2.75) is 12.5 Å². The fraction of sp³-hybridized carbons (Fsp3) is 0.333. The van der Waals surface area contributed by atoms with Crippen LogP contribution in [-0.2, 0) is 9.59 Å². The molecule has 0 unspecified atom stereocenters. The molecule has 1 amide bonds. The van der Waals surface area contributed by atoms with Crippen LogP contribution in [0.25, 0.3) is 5.76 Å². The van der Waals surface area contributed by atoms with Crippen molar-refractivity contribution in [3.05, 3.63) is 57.5 Å². The molecule has 1 aromatic carbocycles. The van der Waals surface area contributed by atoms with Crippen LogP contribution < -0.4 is 4.74 Å². The number of carbonyl (C=O) groups is 2. The topological polar surface area (TPSA) is 70.1 Å². The zero-order valence-corrected chi connectivity index (χ0v) is 17.3. The Bertz CT molecular complexity index is 940. The third-order valence-corrected chi connectivity index (χ3v) is 5.71. The lowest BCUT2D eigenvalue weighted by molar-refractivity contribution is -0.139. The summed E-state index contributed by atoms with van der Waals surface area (Å²) >= 11 is 1.40. The molecule has 29 heavy (non-hydrogen) atoms. The third-order valence-electron chi connectivity index (χ3n) is 4.78. The summed E-state index contributed by atoms with van der Waals surface area (Å²) in [7, 11) is 5.21. The van der Waals surface area contributed by atoms with Crippen LogP contribution in [0.15, 0.2) is 41.3 Å². The largest absolute Gasteiger partial charge is 0.507 e. The number of halogens is 1. The molecule has 1 saturated heterocycles. The molecule has 1 fully saturated rings. The summed E-state index contributed by atoms with van der Waals surface area (Å²) in [6.45, 7) is 1.13. The van der Waals surface area contributed by atoms with Crippen LogP contribution in [-0.4, -0.2) is 60.9 Å². The van der Waals surface area contributed by atoms with Gasteiger partial charge in [0.15, 0.2) is 11.6 Å². The normalized spacial score (nSPS) is 18.7. The Labute approximate surface area is 172 Å². The monoisotopic (exact) mass is 418 g/mol. The highest BCUT2D eigenvalue weighted by molar-refractivity contribution is 7.10. The Morgan fingerprint density at radius 1 is 1.31 bits per heavy atom. The van der Waals surface area contributed by atoms with Gasteiger partial charge in [-0.3, -0.25) is 9.59 Å². The van der Waals surface area contributed by atoms with Crippen molar-refractivity contribution in [3.8, 4) is 5.75 Å². The maximum absolute atomic E-state index is 14.1. The van der Waals surface area contributed by atoms with Gasteiger partial charge in [-0.15, -0.1) is 11.3 Å². The molecule has 2 aromatic rings. The second-order valence-corrected chi connectivity index (χ2v) is 7.99. The van der Waals surface area contributed by atoms with Gasteiger partial charge in [0.1, 0.15) is 5.76 Å². The Balaban J connectivity index is 2.05. The molecule has 154 valence electrons. The number of aliphatic hydroxyl groups excluding tert-OH is 1. The number of carbonyl (C=O) groups excluding carboxylic acids is 2. The number of amides is 1. The molecule has 3 rings (SSSR count). The van der Waals surface area contributed by atoms with Crippen molar-refractivity contribution in [1.82, 2.24) is 9.80 Å². The maximum atomic E-state index is 14.1. The van der Waals surface area contributed by atoms with Crippen molar-refractivity contribution < 1.29 is 23.8 Å². The minimum absolute atomic E-state index is 0.0214. The Morgan fingerprint density at radius 2 is 2.07 bits per heavy atom. The number of rotatable bonds is 7. The Hall–Kier alpha value is -2.71. The molecule has 1 aromatic heterocycles. The quantitative estimate of drug-likeness (QED) is 0.425. The molecule has 1 N–H and O–H groups in total. The first-order valence-electron chi connectivity index (χ1n) is 9.15. The van der Waals surface area contributed by atoms with E-state index in [1.165, 1.54) is 35.5 Å². The number of hydrogen-bond donors (Lipinski definition) is 1. The third kappa shape index (κ3) is 4.18. The highest BCUT2D eigenvalue weighted by Crippen LogP contribution is 2.41. The second-order valence-electron chi connectivity index (χ2n) is 7.01. The van der Waals surface area contributed by atoms with Gasteiger partial charge in [-0.1, -0.05) is 6.07 Å². The second kappa shape index (κ2) is 8.75. The first-order valence-corrected chi connectivity index (χ1v) is 10.0. The predicted molar refractivity (Wildman–Crippen MR) is 109 cm³/mol. The zero-order valence-electron chi connectivity index (χ0n) is 16.5. The Kier molecular flexibility index (Phi) is 6.34. The van der Waals surface area contributed by atoms with Crippen molar-refractivity contribution >= 4 is 28.8 Å². The average Bonchev–Trinajstić information content (AvgIpc) is 3.29. The lowest BCUT2D eigenvalue weighted by Crippen LogP contribution is -2.32. The number of Topliss-reactive ketones (excluding diaryl/α,β-unsaturated/α-hetero) is 1. The minimum atomic E-state index is -0.762. The van der Waals surface area contributed by atoms with E-state index in [4.69, 9.17) is 4.74 Å². The van der Waals surface area contributed by atoms with Gasteiger partial charge in [-0.25, -0.2) is 4.39 Å². The van der Waals surface area contributed by atoms with Gasteiger partial charge in [0, 0.05) is 17.0 Å². The van der Waals surface area contributed by atoms with Crippen LogP contribution in [0, 0.1) is 5.82 Å². The van der Waals surface area contributed by atoms with E-state index < -0.39 is 29.3 Å². The van der Waals surface area contributed by atoms with Crippen LogP contribution >= 0.6 is 11.3 Å². The van der Waals surface area contributed by atoms with Crippen molar-refractivity contribution in [1.29, 1.82) is 0 Å². The lowest BCUT2D eigenvalue weighted by atomic mass is 9.99. The van der Waals surface area contributed by atoms with E-state index >= 15 is 0 Å². The number of aliphatic hydroxyl groups is 1. The van der Waals surface area contributed by atoms with Crippen molar-refractivity contribution in [3.63, 3.8) is 0 Å². The highest BCUT2D eigenvalue weighted by atomic mass is 32.1. The van der Waals surface area contributed by atoms with Crippen LogP contribution in [0.1, 0.15) is 22.9 Å². The van der Waals surface area contributed by atoms with Crippen LogP contribution in [0.2, 0.25) is 0 Å². The first-order chi connectivity index (χ1) is 13.8. The van der Waals surface area contributed by atoms with Gasteiger partial charge in [0.2, 0.25) is 0 Å². The smallest absolute Gasteiger partial charge is 0.295 e. The molecular formula is C21H23FN2O4S. The Morgan fingerprint density at radius 3 is 2.66 bits per heavy atom. The van der Waals surface area contributed by atoms with Gasteiger partial charge in [-0.05, 0) is 56.7 Å². The number of ketones is 1. The van der Waals surface area contributed by atoms with Gasteiger partial charge >= 0.3 is 0 Å². The molecule has 2 heterocycles. The molecule has 6 nitrogen and oxygen atoms in total. The zero-order chi connectivity index (χ0) is 21.1. The van der Waals surface area contributed by atoms with Crippen molar-refractivity contribution in [2.24, 2.45) is 0 Å². The molecule has 1 aliphatic rings. The highest BCUT2D eigenvalue weighted by Gasteiger charge is 2.46. The summed E-state index contributed by atoms with van der Waals surface area (Å²) in [4.78, 5) is 29.8. The molecule has 1 atom stereocenters. The lowest BCUT2D eigenvalue weighted by Gasteiger charge is -2.24. The van der Waals surface area contributed by atoms with Crippen LogP contribution in [0.3, 0.4) is 0 Å². The van der Waals surface area contributed by atoms with E-state index in [1.54, 1.807) is 0 Å². The molecule has 0 spiro atoms. The average molecular weight is 418 g/mol. The SMILES string of the molecule is COc1ccc(C(O)=C2C(=O)C(=O)N(CCCN(C)C)[C@@H]2c2cccs2)cc1F. The predicted octanol–water partition coefficient (Wildman–Crippen LogP) is 3.27. The fourth-order valence-electron chi connectivity index (χ4n) is 3.38. The number of nitrogens with zero attached hydrogens (tertiary/aromatic N) is 2. The van der Waals surface area contributed by atoms with E-state index in [0.717, 1.165) is 17.5 Å². The fourth-order valence-corrected chi connectivity index (χ4v) is 4.23. The molecule has 0 radical (unpaired) electrons. The van der Waals surface area contributed by atoms with E-state index in [0.29, 0.717) is 13.0 Å². The van der Waals surface area contributed by atoms with Gasteiger partial charge in [0.05, 0.1) is 18.7 Å². The first kappa shape index (κ1) is 21.0. The number of methoxy groups -OCH3 is 1. The van der Waals surface area contributed by atoms with Gasteiger partial charge in [-0.2, -0.15) is 0 Å². The number of ether oxygens (including phenoxy) is 1. The summed E-state index contributed by atoms with van der Waals surface area (Å²) in [6.07, 6.45) is 0.680. The van der Waals surface area contributed by atoms with Crippen LogP contribution in [0.4, 0.5) is 4.39 Å². The van der Waals surface area contributed by atoms with E-state index in [1.807, 2.05) is 36.5 Å². The molecule has 1 aliphatic heterocycles. The molecular weight excluding hydrogens is 395 g/mol. The molecule has 0 aliphatic carbocycles. The molecule has 8 heteroatoms. The summed E-state index contributed by atoms with van der Waals surface area (Å²) in [5.74, 6) is -2.44. The maximum Gasteiger partial charge on any atom is 0.295 e. The van der Waals surface area contributed by atoms with Crippen LogP contribution in [0.5, 0.6) is 5.75 Å². The standard InChI is InChI=1S/C21H23FN2O4S/c1-23(2)9-5-10-24-18(16-6-4-11-29-16)17(20(26)21(24)27)19(25)13-7-8-15(28-3)14(22)12-13/h4,6-8,11-12,18,25H,5,9-10H2,1-3H3/t18-/m1/s1. The molecule has 0 saturated carbocycles. The van der Waals surface area contributed by atoms with E-state index in [9.17, 15) is 19.1 Å². The summed E-state index contributed by atoms with van der Waals surface area (Å²) < 4.78 is 19.0. The van der Waals surface area contributed by atoms with E-state index in [-0.39, 0.29) is 16.9 Å². The van der Waals surface area contributed by atoms with E-state index in [2.05, 4.69) is 0 Å². The minimum Gasteiger partial charge on any atom is -0.507 e. The number of benzene rings is 1. The number of thiophene rings is 1.